The molecule has 2 aliphatic rings. The first-order chi connectivity index (χ1) is 6.88. The van der Waals surface area contributed by atoms with Crippen molar-refractivity contribution in [2.75, 3.05) is 13.2 Å². The molecule has 1 aliphatic heterocycles. The van der Waals surface area contributed by atoms with Crippen molar-refractivity contribution < 1.29 is 4.74 Å². The van der Waals surface area contributed by atoms with E-state index < -0.39 is 0 Å². The molecule has 0 bridgehead atoms. The van der Waals surface area contributed by atoms with Crippen LogP contribution in [0.15, 0.2) is 0 Å². The van der Waals surface area contributed by atoms with Crippen molar-refractivity contribution in [3.8, 4) is 0 Å². The highest BCUT2D eigenvalue weighted by molar-refractivity contribution is 4.82. The Labute approximate surface area is 87.4 Å². The van der Waals surface area contributed by atoms with Crippen molar-refractivity contribution in [1.29, 1.82) is 0 Å². The summed E-state index contributed by atoms with van der Waals surface area (Å²) in [6.45, 7) is 4.18. The van der Waals surface area contributed by atoms with Gasteiger partial charge in [-0.25, -0.2) is 0 Å². The minimum absolute atomic E-state index is 0.669. The van der Waals surface area contributed by atoms with Crippen LogP contribution in [-0.2, 0) is 4.74 Å². The zero-order chi connectivity index (χ0) is 9.80. The molecule has 1 N–H and O–H groups in total. The molecule has 2 heteroatoms. The number of rotatable bonds is 4. The van der Waals surface area contributed by atoms with E-state index >= 15 is 0 Å². The number of nitrogens with one attached hydrogen (secondary N) is 1. The molecule has 0 aromatic carbocycles. The second-order valence-electron chi connectivity index (χ2n) is 4.91. The highest BCUT2D eigenvalue weighted by Crippen LogP contribution is 2.28. The first kappa shape index (κ1) is 10.4. The molecule has 0 spiro atoms. The van der Waals surface area contributed by atoms with Crippen molar-refractivity contribution in [2.24, 2.45) is 5.92 Å². The van der Waals surface area contributed by atoms with Gasteiger partial charge in [0.05, 0.1) is 19.3 Å². The predicted molar refractivity (Wildman–Crippen MR) is 58.4 cm³/mol. The van der Waals surface area contributed by atoms with E-state index in [4.69, 9.17) is 4.74 Å². The molecule has 82 valence electrons. The van der Waals surface area contributed by atoms with E-state index in [1.54, 1.807) is 0 Å². The van der Waals surface area contributed by atoms with Crippen molar-refractivity contribution in [2.45, 2.75) is 57.5 Å². The Balaban J connectivity index is 1.62. The lowest BCUT2D eigenvalue weighted by molar-refractivity contribution is -0.0127. The lowest BCUT2D eigenvalue weighted by atomic mass is 9.83. The normalized spacial score (nSPS) is 34.1. The number of hydrogen-bond acceptors (Lipinski definition) is 2. The van der Waals surface area contributed by atoms with Gasteiger partial charge in [-0.2, -0.15) is 0 Å². The summed E-state index contributed by atoms with van der Waals surface area (Å²) in [6.07, 6.45) is 8.47. The number of ether oxygens (including phenoxy) is 1. The van der Waals surface area contributed by atoms with Crippen molar-refractivity contribution in [3.05, 3.63) is 0 Å². The van der Waals surface area contributed by atoms with Gasteiger partial charge in [-0.15, -0.1) is 0 Å². The van der Waals surface area contributed by atoms with E-state index in [2.05, 4.69) is 12.2 Å². The van der Waals surface area contributed by atoms with Gasteiger partial charge >= 0.3 is 0 Å². The van der Waals surface area contributed by atoms with Gasteiger partial charge in [-0.05, 0) is 31.6 Å². The van der Waals surface area contributed by atoms with Crippen LogP contribution in [0.1, 0.15) is 45.4 Å². The lowest BCUT2D eigenvalue weighted by Gasteiger charge is -2.35. The third-order valence-corrected chi connectivity index (χ3v) is 3.65. The van der Waals surface area contributed by atoms with E-state index in [0.29, 0.717) is 6.04 Å². The minimum Gasteiger partial charge on any atom is -0.378 e. The fraction of sp³-hybridized carbons (Fsp3) is 1.00. The first-order valence-corrected chi connectivity index (χ1v) is 6.22. The molecule has 2 rings (SSSR count). The molecule has 0 aromatic heterocycles. The highest BCUT2D eigenvalue weighted by atomic mass is 16.5. The molecule has 0 atom stereocenters. The average Bonchev–Trinajstić information content (AvgIpc) is 2.14. The quantitative estimate of drug-likeness (QED) is 0.747. The maximum absolute atomic E-state index is 5.17. The maximum Gasteiger partial charge on any atom is 0.0643 e. The second-order valence-corrected chi connectivity index (χ2v) is 4.91. The minimum atomic E-state index is 0.669. The van der Waals surface area contributed by atoms with Crippen LogP contribution in [0.25, 0.3) is 0 Å². The summed E-state index contributed by atoms with van der Waals surface area (Å²) >= 11 is 0. The topological polar surface area (TPSA) is 21.3 Å². The zero-order valence-corrected chi connectivity index (χ0v) is 9.30. The summed E-state index contributed by atoms with van der Waals surface area (Å²) in [5.41, 5.74) is 0. The predicted octanol–water partition coefficient (Wildman–Crippen LogP) is 2.33. The van der Waals surface area contributed by atoms with E-state index in [0.717, 1.165) is 25.2 Å². The molecule has 1 aliphatic carbocycles. The second kappa shape index (κ2) is 5.13. The van der Waals surface area contributed by atoms with E-state index in [-0.39, 0.29) is 0 Å². The SMILES string of the molecule is CCCC1CCC(NC2COC2)CC1. The summed E-state index contributed by atoms with van der Waals surface area (Å²) in [6, 6.07) is 1.46. The molecule has 1 saturated carbocycles. The summed E-state index contributed by atoms with van der Waals surface area (Å²) in [5.74, 6) is 1.02. The molecule has 0 radical (unpaired) electrons. The van der Waals surface area contributed by atoms with Gasteiger partial charge in [0.2, 0.25) is 0 Å². The standard InChI is InChI=1S/C12H23NO/c1-2-3-10-4-6-11(7-5-10)13-12-8-14-9-12/h10-13H,2-9H2,1H3. The fourth-order valence-electron chi connectivity index (χ4n) is 2.69. The monoisotopic (exact) mass is 197 g/mol. The molecule has 2 nitrogen and oxygen atoms in total. The van der Waals surface area contributed by atoms with Gasteiger partial charge in [0, 0.05) is 6.04 Å². The lowest BCUT2D eigenvalue weighted by Crippen LogP contribution is -2.51. The van der Waals surface area contributed by atoms with Gasteiger partial charge in [0.1, 0.15) is 0 Å². The van der Waals surface area contributed by atoms with Crippen molar-refractivity contribution >= 4 is 0 Å². The van der Waals surface area contributed by atoms with Gasteiger partial charge in [0.25, 0.3) is 0 Å². The van der Waals surface area contributed by atoms with Gasteiger partial charge in [0.15, 0.2) is 0 Å². The van der Waals surface area contributed by atoms with Gasteiger partial charge in [-0.1, -0.05) is 19.8 Å². The Morgan fingerprint density at radius 1 is 1.07 bits per heavy atom. The summed E-state index contributed by atoms with van der Waals surface area (Å²) in [5, 5.41) is 3.69. The molecule has 14 heavy (non-hydrogen) atoms. The molecule has 1 saturated heterocycles. The Morgan fingerprint density at radius 3 is 2.29 bits per heavy atom. The molecule has 0 unspecified atom stereocenters. The van der Waals surface area contributed by atoms with Crippen molar-refractivity contribution in [3.63, 3.8) is 0 Å². The van der Waals surface area contributed by atoms with E-state index in [1.807, 2.05) is 0 Å². The average molecular weight is 197 g/mol. The molecule has 1 heterocycles. The summed E-state index contributed by atoms with van der Waals surface area (Å²) in [4.78, 5) is 0. The van der Waals surface area contributed by atoms with Crippen molar-refractivity contribution in [1.82, 2.24) is 5.32 Å². The van der Waals surface area contributed by atoms with Crippen LogP contribution in [0.2, 0.25) is 0 Å². The zero-order valence-electron chi connectivity index (χ0n) is 9.30. The fourth-order valence-corrected chi connectivity index (χ4v) is 2.69. The van der Waals surface area contributed by atoms with Crippen LogP contribution in [0.5, 0.6) is 0 Å². The molecular weight excluding hydrogens is 174 g/mol. The van der Waals surface area contributed by atoms with Crippen LogP contribution in [0.3, 0.4) is 0 Å². The highest BCUT2D eigenvalue weighted by Gasteiger charge is 2.25. The third-order valence-electron chi connectivity index (χ3n) is 3.65. The summed E-state index contributed by atoms with van der Waals surface area (Å²) in [7, 11) is 0. The van der Waals surface area contributed by atoms with Crippen LogP contribution >= 0.6 is 0 Å². The van der Waals surface area contributed by atoms with Crippen LogP contribution in [0, 0.1) is 5.92 Å². The van der Waals surface area contributed by atoms with E-state index in [9.17, 15) is 0 Å². The Bertz CT molecular complexity index is 160. The Kier molecular flexibility index (Phi) is 3.82. The number of hydrogen-bond donors (Lipinski definition) is 1. The molecule has 2 fully saturated rings. The first-order valence-electron chi connectivity index (χ1n) is 6.22. The van der Waals surface area contributed by atoms with Gasteiger partial charge < -0.3 is 10.1 Å². The maximum atomic E-state index is 5.17. The molecule has 0 amide bonds. The molecular formula is C12H23NO. The van der Waals surface area contributed by atoms with Gasteiger partial charge in [-0.3, -0.25) is 0 Å². The van der Waals surface area contributed by atoms with Crippen LogP contribution in [-0.4, -0.2) is 25.3 Å². The largest absolute Gasteiger partial charge is 0.378 e. The summed E-state index contributed by atoms with van der Waals surface area (Å²) < 4.78 is 5.17. The Hall–Kier alpha value is -0.0800. The Morgan fingerprint density at radius 2 is 1.79 bits per heavy atom. The van der Waals surface area contributed by atoms with E-state index in [1.165, 1.54) is 38.5 Å². The molecule has 0 aromatic rings. The van der Waals surface area contributed by atoms with Crippen LogP contribution < -0.4 is 5.32 Å². The van der Waals surface area contributed by atoms with Crippen LogP contribution in [0.4, 0.5) is 0 Å². The third kappa shape index (κ3) is 2.71. The smallest absolute Gasteiger partial charge is 0.0643 e.